The standard InChI is InChI=1S/C18H25FN2O2/c1-23-17-5-3-2-4-14(17)10-13-6-8-21(9-7-13)18(22)16-11-15(19)12-20-16/h2-5,13,15-16,20H,6-12H2,1H3/t15-,16+/m0/s1. The molecule has 126 valence electrons. The Morgan fingerprint density at radius 2 is 2.09 bits per heavy atom. The van der Waals surface area contributed by atoms with Crippen molar-refractivity contribution in [3.8, 4) is 5.75 Å². The van der Waals surface area contributed by atoms with Crippen LogP contribution in [-0.4, -0.2) is 49.8 Å². The molecule has 2 heterocycles. The fourth-order valence-electron chi connectivity index (χ4n) is 3.64. The van der Waals surface area contributed by atoms with Crippen molar-refractivity contribution >= 4 is 5.91 Å². The molecule has 23 heavy (non-hydrogen) atoms. The van der Waals surface area contributed by atoms with E-state index in [0.29, 0.717) is 18.9 Å². The molecule has 5 heteroatoms. The highest BCUT2D eigenvalue weighted by Gasteiger charge is 2.33. The number of hydrogen-bond donors (Lipinski definition) is 1. The smallest absolute Gasteiger partial charge is 0.239 e. The third-order valence-corrected chi connectivity index (χ3v) is 5.00. The highest BCUT2D eigenvalue weighted by molar-refractivity contribution is 5.82. The van der Waals surface area contributed by atoms with Crippen LogP contribution in [0, 0.1) is 5.92 Å². The summed E-state index contributed by atoms with van der Waals surface area (Å²) in [7, 11) is 1.70. The first-order valence-corrected chi connectivity index (χ1v) is 8.45. The Morgan fingerprint density at radius 3 is 2.74 bits per heavy atom. The molecule has 0 saturated carbocycles. The van der Waals surface area contributed by atoms with E-state index in [-0.39, 0.29) is 11.9 Å². The van der Waals surface area contributed by atoms with Crippen LogP contribution in [-0.2, 0) is 11.2 Å². The van der Waals surface area contributed by atoms with Crippen LogP contribution >= 0.6 is 0 Å². The van der Waals surface area contributed by atoms with E-state index in [1.165, 1.54) is 5.56 Å². The van der Waals surface area contributed by atoms with Crippen molar-refractivity contribution in [2.24, 2.45) is 5.92 Å². The van der Waals surface area contributed by atoms with Gasteiger partial charge in [0.15, 0.2) is 0 Å². The molecule has 2 aliphatic rings. The number of alkyl halides is 1. The van der Waals surface area contributed by atoms with Gasteiger partial charge in [-0.2, -0.15) is 0 Å². The van der Waals surface area contributed by atoms with Crippen molar-refractivity contribution in [3.63, 3.8) is 0 Å². The molecule has 2 aliphatic heterocycles. The molecule has 0 radical (unpaired) electrons. The van der Waals surface area contributed by atoms with E-state index >= 15 is 0 Å². The number of para-hydroxylation sites is 1. The summed E-state index contributed by atoms with van der Waals surface area (Å²) >= 11 is 0. The zero-order chi connectivity index (χ0) is 16.2. The Hall–Kier alpha value is -1.62. The summed E-state index contributed by atoms with van der Waals surface area (Å²) in [5.74, 6) is 1.58. The van der Waals surface area contributed by atoms with Gasteiger partial charge in [-0.25, -0.2) is 4.39 Å². The van der Waals surface area contributed by atoms with E-state index in [2.05, 4.69) is 11.4 Å². The summed E-state index contributed by atoms with van der Waals surface area (Å²) in [6.45, 7) is 1.85. The lowest BCUT2D eigenvalue weighted by Gasteiger charge is -2.33. The zero-order valence-corrected chi connectivity index (χ0v) is 13.6. The number of amides is 1. The maximum Gasteiger partial charge on any atom is 0.239 e. The lowest BCUT2D eigenvalue weighted by molar-refractivity contribution is -0.134. The van der Waals surface area contributed by atoms with Gasteiger partial charge >= 0.3 is 0 Å². The fourth-order valence-corrected chi connectivity index (χ4v) is 3.64. The number of nitrogens with one attached hydrogen (secondary N) is 1. The first kappa shape index (κ1) is 16.2. The zero-order valence-electron chi connectivity index (χ0n) is 13.6. The predicted molar refractivity (Wildman–Crippen MR) is 87.3 cm³/mol. The number of hydrogen-bond acceptors (Lipinski definition) is 3. The number of methoxy groups -OCH3 is 1. The maximum atomic E-state index is 13.2. The summed E-state index contributed by atoms with van der Waals surface area (Å²) in [6, 6.07) is 7.80. The van der Waals surface area contributed by atoms with Gasteiger partial charge in [0.05, 0.1) is 13.2 Å². The molecule has 0 aromatic heterocycles. The largest absolute Gasteiger partial charge is 0.496 e. The Labute approximate surface area is 137 Å². The second-order valence-electron chi connectivity index (χ2n) is 6.58. The summed E-state index contributed by atoms with van der Waals surface area (Å²) in [6.07, 6.45) is 2.41. The number of halogens is 1. The van der Waals surface area contributed by atoms with Gasteiger partial charge in [-0.1, -0.05) is 18.2 Å². The van der Waals surface area contributed by atoms with Gasteiger partial charge < -0.3 is 15.0 Å². The molecule has 0 unspecified atom stereocenters. The van der Waals surface area contributed by atoms with E-state index in [1.807, 2.05) is 23.1 Å². The van der Waals surface area contributed by atoms with Crippen molar-refractivity contribution in [2.45, 2.75) is 37.9 Å². The van der Waals surface area contributed by atoms with Gasteiger partial charge in [0.2, 0.25) is 5.91 Å². The molecule has 3 rings (SSSR count). The van der Waals surface area contributed by atoms with Crippen molar-refractivity contribution in [2.75, 3.05) is 26.7 Å². The fraction of sp³-hybridized carbons (Fsp3) is 0.611. The molecule has 0 spiro atoms. The molecular weight excluding hydrogens is 295 g/mol. The SMILES string of the molecule is COc1ccccc1CC1CCN(C(=O)[C@H]2C[C@H](F)CN2)CC1. The number of rotatable bonds is 4. The van der Waals surface area contributed by atoms with Crippen LogP contribution in [0.4, 0.5) is 4.39 Å². The molecule has 1 N–H and O–H groups in total. The van der Waals surface area contributed by atoms with Gasteiger partial charge in [-0.3, -0.25) is 4.79 Å². The monoisotopic (exact) mass is 320 g/mol. The molecule has 2 saturated heterocycles. The number of benzene rings is 1. The molecule has 2 fully saturated rings. The van der Waals surface area contributed by atoms with Gasteiger partial charge in [0.25, 0.3) is 0 Å². The molecule has 2 atom stereocenters. The molecule has 1 aromatic carbocycles. The van der Waals surface area contributed by atoms with Gasteiger partial charge in [-0.05, 0) is 36.8 Å². The third-order valence-electron chi connectivity index (χ3n) is 5.00. The molecule has 0 aliphatic carbocycles. The third kappa shape index (κ3) is 3.83. The Balaban J connectivity index is 1.51. The van der Waals surface area contributed by atoms with Gasteiger partial charge in [0, 0.05) is 26.1 Å². The van der Waals surface area contributed by atoms with E-state index in [1.54, 1.807) is 7.11 Å². The van der Waals surface area contributed by atoms with Gasteiger partial charge in [-0.15, -0.1) is 0 Å². The van der Waals surface area contributed by atoms with Crippen LogP contribution in [0.25, 0.3) is 0 Å². The average Bonchev–Trinajstić information content (AvgIpc) is 3.02. The molecule has 1 amide bonds. The Morgan fingerprint density at radius 1 is 1.35 bits per heavy atom. The highest BCUT2D eigenvalue weighted by atomic mass is 19.1. The van der Waals surface area contributed by atoms with Crippen molar-refractivity contribution in [1.82, 2.24) is 10.2 Å². The van der Waals surface area contributed by atoms with Crippen LogP contribution < -0.4 is 10.1 Å². The average molecular weight is 320 g/mol. The first-order valence-electron chi connectivity index (χ1n) is 8.45. The molecular formula is C18H25FN2O2. The lowest BCUT2D eigenvalue weighted by atomic mass is 9.89. The number of ether oxygens (including phenoxy) is 1. The van der Waals surface area contributed by atoms with Crippen molar-refractivity contribution in [3.05, 3.63) is 29.8 Å². The van der Waals surface area contributed by atoms with E-state index in [4.69, 9.17) is 4.74 Å². The lowest BCUT2D eigenvalue weighted by Crippen LogP contribution is -2.47. The minimum absolute atomic E-state index is 0.0703. The van der Waals surface area contributed by atoms with Crippen LogP contribution in [0.3, 0.4) is 0 Å². The molecule has 4 nitrogen and oxygen atoms in total. The summed E-state index contributed by atoms with van der Waals surface area (Å²) in [5.41, 5.74) is 1.23. The number of likely N-dealkylation sites (tertiary alicyclic amines) is 1. The Kier molecular flexibility index (Phi) is 5.16. The number of nitrogens with zero attached hydrogens (tertiary/aromatic N) is 1. The van der Waals surface area contributed by atoms with Crippen molar-refractivity contribution < 1.29 is 13.9 Å². The van der Waals surface area contributed by atoms with Crippen LogP contribution in [0.5, 0.6) is 5.75 Å². The quantitative estimate of drug-likeness (QED) is 0.924. The van der Waals surface area contributed by atoms with Crippen LogP contribution in [0.2, 0.25) is 0 Å². The number of piperidine rings is 1. The summed E-state index contributed by atoms with van der Waals surface area (Å²) in [4.78, 5) is 14.3. The molecule has 1 aromatic rings. The van der Waals surface area contributed by atoms with Crippen LogP contribution in [0.1, 0.15) is 24.8 Å². The Bertz CT molecular complexity index is 544. The van der Waals surface area contributed by atoms with Gasteiger partial charge in [0.1, 0.15) is 11.9 Å². The highest BCUT2D eigenvalue weighted by Crippen LogP contribution is 2.27. The van der Waals surface area contributed by atoms with Crippen molar-refractivity contribution in [1.29, 1.82) is 0 Å². The van der Waals surface area contributed by atoms with Crippen LogP contribution in [0.15, 0.2) is 24.3 Å². The topological polar surface area (TPSA) is 41.6 Å². The number of carbonyl (C=O) groups is 1. The second-order valence-corrected chi connectivity index (χ2v) is 6.58. The second kappa shape index (κ2) is 7.30. The summed E-state index contributed by atoms with van der Waals surface area (Å²) in [5, 5.41) is 2.99. The summed E-state index contributed by atoms with van der Waals surface area (Å²) < 4.78 is 18.6. The first-order chi connectivity index (χ1) is 11.2. The predicted octanol–water partition coefficient (Wildman–Crippen LogP) is 2.18. The van der Waals surface area contributed by atoms with E-state index in [0.717, 1.165) is 38.1 Å². The minimum atomic E-state index is -0.882. The van der Waals surface area contributed by atoms with E-state index < -0.39 is 6.17 Å². The van der Waals surface area contributed by atoms with E-state index in [9.17, 15) is 9.18 Å². The normalized spacial score (nSPS) is 25.6. The molecule has 0 bridgehead atoms. The maximum absolute atomic E-state index is 13.2. The minimum Gasteiger partial charge on any atom is -0.496 e. The number of carbonyl (C=O) groups excluding carboxylic acids is 1.